The van der Waals surface area contributed by atoms with Gasteiger partial charge in [0, 0.05) is 19.3 Å². The lowest BCUT2D eigenvalue weighted by Gasteiger charge is -2.15. The highest BCUT2D eigenvalue weighted by atomic mass is 16.6. The van der Waals surface area contributed by atoms with Crippen molar-refractivity contribution in [3.05, 3.63) is 40.2 Å². The molecule has 0 unspecified atom stereocenters. The largest absolute Gasteiger partial charge is 0.376 e. The first-order valence-electron chi connectivity index (χ1n) is 5.48. The number of anilines is 1. The Morgan fingerprint density at radius 2 is 2.47 bits per heavy atom. The van der Waals surface area contributed by atoms with Gasteiger partial charge in [0.25, 0.3) is 0 Å². The molecule has 0 saturated heterocycles. The van der Waals surface area contributed by atoms with Gasteiger partial charge in [-0.05, 0) is 19.0 Å². The van der Waals surface area contributed by atoms with Crippen LogP contribution in [0.2, 0.25) is 0 Å². The Labute approximate surface area is 98.9 Å². The predicted molar refractivity (Wildman–Crippen MR) is 65.0 cm³/mol. The van der Waals surface area contributed by atoms with E-state index >= 15 is 0 Å². The van der Waals surface area contributed by atoms with Crippen LogP contribution in [0.1, 0.15) is 6.42 Å². The van der Waals surface area contributed by atoms with Gasteiger partial charge in [-0.15, -0.1) is 0 Å². The number of hydrogen-bond acceptors (Lipinski definition) is 5. The van der Waals surface area contributed by atoms with E-state index in [1.807, 2.05) is 0 Å². The molecule has 6 nitrogen and oxygen atoms in total. The van der Waals surface area contributed by atoms with Gasteiger partial charge in [0.1, 0.15) is 11.9 Å². The van der Waals surface area contributed by atoms with Crippen molar-refractivity contribution < 1.29 is 4.92 Å². The molecule has 1 aliphatic rings. The summed E-state index contributed by atoms with van der Waals surface area (Å²) in [6.07, 6.45) is 5.90. The van der Waals surface area contributed by atoms with Gasteiger partial charge in [-0.2, -0.15) is 0 Å². The van der Waals surface area contributed by atoms with Crippen molar-refractivity contribution in [2.24, 2.45) is 0 Å². The molecule has 1 aromatic heterocycles. The van der Waals surface area contributed by atoms with Gasteiger partial charge in [0.2, 0.25) is 0 Å². The molecule has 0 saturated carbocycles. The van der Waals surface area contributed by atoms with E-state index in [2.05, 4.69) is 21.7 Å². The number of hydrogen-bond donors (Lipinski definition) is 2. The van der Waals surface area contributed by atoms with Crippen LogP contribution in [0.5, 0.6) is 0 Å². The fraction of sp³-hybridized carbons (Fsp3) is 0.364. The van der Waals surface area contributed by atoms with E-state index in [1.54, 1.807) is 12.3 Å². The fourth-order valence-corrected chi connectivity index (χ4v) is 1.72. The van der Waals surface area contributed by atoms with E-state index in [1.165, 1.54) is 11.8 Å². The van der Waals surface area contributed by atoms with E-state index in [9.17, 15) is 10.1 Å². The molecule has 2 rings (SSSR count). The summed E-state index contributed by atoms with van der Waals surface area (Å²) in [4.78, 5) is 14.1. The van der Waals surface area contributed by atoms with Crippen LogP contribution in [-0.4, -0.2) is 29.5 Å². The zero-order chi connectivity index (χ0) is 12.1. The second-order valence-corrected chi connectivity index (χ2v) is 3.82. The summed E-state index contributed by atoms with van der Waals surface area (Å²) in [5.41, 5.74) is 1.81. The topological polar surface area (TPSA) is 80.1 Å². The van der Waals surface area contributed by atoms with Gasteiger partial charge in [-0.3, -0.25) is 15.1 Å². The van der Waals surface area contributed by atoms with Gasteiger partial charge >= 0.3 is 5.69 Å². The SMILES string of the molecule is O=[N+]([O-])c1cnccc1NCC1=CCNCC1. The summed E-state index contributed by atoms with van der Waals surface area (Å²) in [6, 6.07) is 1.62. The molecule has 2 N–H and O–H groups in total. The molecule has 1 aliphatic heterocycles. The molecule has 0 bridgehead atoms. The lowest BCUT2D eigenvalue weighted by Crippen LogP contribution is -2.23. The van der Waals surface area contributed by atoms with Crippen molar-refractivity contribution in [2.45, 2.75) is 6.42 Å². The standard InChI is InChI=1S/C11H14N4O2/c16-15(17)11-8-13-6-3-10(11)14-7-9-1-4-12-5-2-9/h1,3,6,8,12H,2,4-5,7H2,(H,13,14). The Kier molecular flexibility index (Phi) is 3.66. The van der Waals surface area contributed by atoms with Gasteiger partial charge in [0.05, 0.1) is 4.92 Å². The number of aromatic nitrogens is 1. The summed E-state index contributed by atoms with van der Waals surface area (Å²) in [5.74, 6) is 0. The Morgan fingerprint density at radius 1 is 1.59 bits per heavy atom. The normalized spacial score (nSPS) is 15.2. The Hall–Kier alpha value is -1.95. The van der Waals surface area contributed by atoms with Gasteiger partial charge in [-0.1, -0.05) is 11.6 Å². The molecule has 1 aromatic rings. The third-order valence-corrected chi connectivity index (χ3v) is 2.66. The lowest BCUT2D eigenvalue weighted by molar-refractivity contribution is -0.384. The van der Waals surface area contributed by atoms with Gasteiger partial charge in [0.15, 0.2) is 0 Å². The first-order chi connectivity index (χ1) is 8.27. The average Bonchev–Trinajstić information content (AvgIpc) is 2.38. The first-order valence-corrected chi connectivity index (χ1v) is 5.48. The molecule has 17 heavy (non-hydrogen) atoms. The van der Waals surface area contributed by atoms with Gasteiger partial charge in [-0.25, -0.2) is 0 Å². The van der Waals surface area contributed by atoms with Gasteiger partial charge < -0.3 is 10.6 Å². The predicted octanol–water partition coefficient (Wildman–Crippen LogP) is 1.32. The molecule has 0 spiro atoms. The average molecular weight is 234 g/mol. The second kappa shape index (κ2) is 5.40. The summed E-state index contributed by atoms with van der Waals surface area (Å²) < 4.78 is 0. The van der Waals surface area contributed by atoms with Crippen LogP contribution in [0.3, 0.4) is 0 Å². The highest BCUT2D eigenvalue weighted by Gasteiger charge is 2.13. The Balaban J connectivity index is 2.03. The van der Waals surface area contributed by atoms with Crippen molar-refractivity contribution >= 4 is 11.4 Å². The number of nitrogens with one attached hydrogen (secondary N) is 2. The molecule has 90 valence electrons. The minimum Gasteiger partial charge on any atom is -0.376 e. The molecule has 2 heterocycles. The molecule has 0 amide bonds. The van der Waals surface area contributed by atoms with Crippen LogP contribution in [0.4, 0.5) is 11.4 Å². The summed E-state index contributed by atoms with van der Waals surface area (Å²) in [7, 11) is 0. The number of pyridine rings is 1. The summed E-state index contributed by atoms with van der Waals surface area (Å²) in [5, 5.41) is 17.1. The highest BCUT2D eigenvalue weighted by Crippen LogP contribution is 2.22. The number of rotatable bonds is 4. The number of nitrogens with zero attached hydrogens (tertiary/aromatic N) is 2. The minimum absolute atomic E-state index is 0.0158. The van der Waals surface area contributed by atoms with Crippen LogP contribution < -0.4 is 10.6 Å². The fourth-order valence-electron chi connectivity index (χ4n) is 1.72. The molecule has 0 aliphatic carbocycles. The molecule has 0 atom stereocenters. The maximum atomic E-state index is 10.8. The zero-order valence-corrected chi connectivity index (χ0v) is 9.35. The van der Waals surface area contributed by atoms with Crippen molar-refractivity contribution in [2.75, 3.05) is 25.0 Å². The van der Waals surface area contributed by atoms with E-state index < -0.39 is 4.92 Å². The summed E-state index contributed by atoms with van der Waals surface area (Å²) >= 11 is 0. The quantitative estimate of drug-likeness (QED) is 0.466. The molecule has 0 fully saturated rings. The Bertz CT molecular complexity index is 445. The van der Waals surface area contributed by atoms with Crippen LogP contribution in [-0.2, 0) is 0 Å². The number of nitro groups is 1. The molecular formula is C11H14N4O2. The second-order valence-electron chi connectivity index (χ2n) is 3.82. The third kappa shape index (κ3) is 3.01. The van der Waals surface area contributed by atoms with Crippen LogP contribution >= 0.6 is 0 Å². The smallest absolute Gasteiger partial charge is 0.310 e. The Morgan fingerprint density at radius 3 is 3.18 bits per heavy atom. The van der Waals surface area contributed by atoms with Crippen molar-refractivity contribution in [1.82, 2.24) is 10.3 Å². The zero-order valence-electron chi connectivity index (χ0n) is 9.35. The van der Waals surface area contributed by atoms with Crippen LogP contribution in [0.25, 0.3) is 0 Å². The monoisotopic (exact) mass is 234 g/mol. The minimum atomic E-state index is -0.424. The van der Waals surface area contributed by atoms with Crippen molar-refractivity contribution in [3.8, 4) is 0 Å². The van der Waals surface area contributed by atoms with Crippen LogP contribution in [0, 0.1) is 10.1 Å². The first kappa shape index (κ1) is 11.5. The maximum Gasteiger partial charge on any atom is 0.310 e. The van der Waals surface area contributed by atoms with E-state index in [0.29, 0.717) is 12.2 Å². The third-order valence-electron chi connectivity index (χ3n) is 2.66. The molecule has 0 radical (unpaired) electrons. The van der Waals surface area contributed by atoms with Crippen LogP contribution in [0.15, 0.2) is 30.1 Å². The molecular weight excluding hydrogens is 220 g/mol. The van der Waals surface area contributed by atoms with E-state index in [4.69, 9.17) is 0 Å². The molecule has 0 aromatic carbocycles. The summed E-state index contributed by atoms with van der Waals surface area (Å²) in [6.45, 7) is 2.48. The highest BCUT2D eigenvalue weighted by molar-refractivity contribution is 5.60. The van der Waals surface area contributed by atoms with Crippen molar-refractivity contribution in [1.29, 1.82) is 0 Å². The van der Waals surface area contributed by atoms with Crippen molar-refractivity contribution in [3.63, 3.8) is 0 Å². The van der Waals surface area contributed by atoms with E-state index in [-0.39, 0.29) is 5.69 Å². The molecule has 6 heteroatoms. The van der Waals surface area contributed by atoms with E-state index in [0.717, 1.165) is 19.5 Å². The maximum absolute atomic E-state index is 10.8. The lowest BCUT2D eigenvalue weighted by atomic mass is 10.1.